The summed E-state index contributed by atoms with van der Waals surface area (Å²) in [5.41, 5.74) is 1.83. The van der Waals surface area contributed by atoms with E-state index in [1.165, 1.54) is 18.2 Å². The van der Waals surface area contributed by atoms with Crippen molar-refractivity contribution in [2.75, 3.05) is 11.4 Å². The predicted molar refractivity (Wildman–Crippen MR) is 137 cm³/mol. The second kappa shape index (κ2) is 9.34. The normalized spacial score (nSPS) is 22.8. The highest BCUT2D eigenvalue weighted by atomic mass is 35.5. The Kier molecular flexibility index (Phi) is 6.48. The van der Waals surface area contributed by atoms with Gasteiger partial charge in [-0.05, 0) is 67.9 Å². The van der Waals surface area contributed by atoms with E-state index in [1.807, 2.05) is 47.4 Å². The van der Waals surface area contributed by atoms with Crippen LogP contribution in [0, 0.1) is 0 Å². The first-order valence-electron chi connectivity index (χ1n) is 10.9. The van der Waals surface area contributed by atoms with Gasteiger partial charge in [-0.2, -0.15) is 0 Å². The van der Waals surface area contributed by atoms with Gasteiger partial charge in [-0.1, -0.05) is 60.3 Å². The summed E-state index contributed by atoms with van der Waals surface area (Å²) in [5, 5.41) is 3.06. The maximum Gasteiger partial charge on any atom is 0.269 e. The third kappa shape index (κ3) is 4.18. The minimum Gasteiger partial charge on any atom is -0.334 e. The Balaban J connectivity index is 1.58. The fraction of sp³-hybridized carbons (Fsp3) is 0.333. The van der Waals surface area contributed by atoms with Gasteiger partial charge in [-0.3, -0.25) is 9.69 Å². The minimum atomic E-state index is 0.0579. The maximum absolute atomic E-state index is 13.8. The van der Waals surface area contributed by atoms with Crippen LogP contribution >= 0.6 is 46.7 Å². The first-order chi connectivity index (χ1) is 15.5. The number of nitrogens with zero attached hydrogens (tertiary/aromatic N) is 3. The van der Waals surface area contributed by atoms with Crippen LogP contribution in [0.5, 0.6) is 0 Å². The molecule has 1 saturated carbocycles. The highest BCUT2D eigenvalue weighted by Gasteiger charge is 2.42. The zero-order chi connectivity index (χ0) is 22.2. The lowest BCUT2D eigenvalue weighted by Gasteiger charge is -2.30. The lowest BCUT2D eigenvalue weighted by atomic mass is 9.94. The van der Waals surface area contributed by atoms with Crippen molar-refractivity contribution in [1.82, 2.24) is 4.90 Å². The van der Waals surface area contributed by atoms with Gasteiger partial charge in [0.05, 0.1) is 11.4 Å². The number of carbonyl (C=O) groups excluding carboxylic acids is 1. The highest BCUT2D eigenvalue weighted by molar-refractivity contribution is 8.19. The van der Waals surface area contributed by atoms with Crippen LogP contribution in [0.4, 0.5) is 11.4 Å². The molecule has 5 rings (SSSR count). The van der Waals surface area contributed by atoms with Gasteiger partial charge < -0.3 is 4.90 Å². The highest BCUT2D eigenvalue weighted by Crippen LogP contribution is 2.52. The van der Waals surface area contributed by atoms with Gasteiger partial charge in [0.15, 0.2) is 5.17 Å². The number of amidine groups is 1. The van der Waals surface area contributed by atoms with Crippen molar-refractivity contribution in [3.63, 3.8) is 0 Å². The molecule has 0 spiro atoms. The molecule has 2 fully saturated rings. The zero-order valence-corrected chi connectivity index (χ0v) is 20.8. The summed E-state index contributed by atoms with van der Waals surface area (Å²) in [6.07, 6.45) is 5.56. The van der Waals surface area contributed by atoms with Crippen molar-refractivity contribution in [3.05, 3.63) is 62.4 Å². The van der Waals surface area contributed by atoms with E-state index in [9.17, 15) is 4.79 Å². The van der Waals surface area contributed by atoms with E-state index in [-0.39, 0.29) is 11.9 Å². The Morgan fingerprint density at radius 1 is 1.03 bits per heavy atom. The molecule has 0 radical (unpaired) electrons. The van der Waals surface area contributed by atoms with E-state index in [2.05, 4.69) is 11.8 Å². The smallest absolute Gasteiger partial charge is 0.269 e. The van der Waals surface area contributed by atoms with Gasteiger partial charge >= 0.3 is 0 Å². The second-order valence-corrected chi connectivity index (χ2v) is 10.9. The zero-order valence-electron chi connectivity index (χ0n) is 17.7. The number of thioether (sulfide) groups is 2. The van der Waals surface area contributed by atoms with E-state index in [1.54, 1.807) is 11.8 Å². The quantitative estimate of drug-likeness (QED) is 0.402. The van der Waals surface area contributed by atoms with E-state index in [0.29, 0.717) is 10.0 Å². The summed E-state index contributed by atoms with van der Waals surface area (Å²) in [6, 6.07) is 13.6. The van der Waals surface area contributed by atoms with Crippen LogP contribution in [0.2, 0.25) is 10.0 Å². The van der Waals surface area contributed by atoms with Crippen LogP contribution in [0.1, 0.15) is 39.0 Å². The average molecular weight is 505 g/mol. The number of benzene rings is 2. The van der Waals surface area contributed by atoms with Gasteiger partial charge in [-0.25, -0.2) is 4.99 Å². The molecule has 1 saturated heterocycles. The molecule has 0 bridgehead atoms. The molecule has 2 aromatic carbocycles. The van der Waals surface area contributed by atoms with Gasteiger partial charge in [-0.15, -0.1) is 0 Å². The first-order valence-corrected chi connectivity index (χ1v) is 13.3. The fourth-order valence-electron chi connectivity index (χ4n) is 4.45. The maximum atomic E-state index is 13.8. The Labute approximate surface area is 207 Å². The Hall–Kier alpha value is -1.60. The van der Waals surface area contributed by atoms with Gasteiger partial charge in [0, 0.05) is 27.5 Å². The number of amides is 1. The molecule has 0 unspecified atom stereocenters. The molecular formula is C24H23Cl2N3OS2. The molecule has 32 heavy (non-hydrogen) atoms. The number of hydrogen-bond acceptors (Lipinski definition) is 5. The van der Waals surface area contributed by atoms with Crippen LogP contribution in [-0.2, 0) is 4.79 Å². The van der Waals surface area contributed by atoms with Gasteiger partial charge in [0.25, 0.3) is 5.91 Å². The Bertz CT molecular complexity index is 1130. The van der Waals surface area contributed by atoms with Crippen molar-refractivity contribution < 1.29 is 4.79 Å². The largest absolute Gasteiger partial charge is 0.334 e. The molecule has 0 aromatic heterocycles. The summed E-state index contributed by atoms with van der Waals surface area (Å²) >= 11 is 15.6. The van der Waals surface area contributed by atoms with Crippen molar-refractivity contribution >= 4 is 69.2 Å². The molecule has 166 valence electrons. The van der Waals surface area contributed by atoms with Gasteiger partial charge in [0.1, 0.15) is 9.93 Å². The lowest BCUT2D eigenvalue weighted by Crippen LogP contribution is -2.40. The summed E-state index contributed by atoms with van der Waals surface area (Å²) in [4.78, 5) is 24.7. The Morgan fingerprint density at radius 2 is 1.81 bits per heavy atom. The molecule has 0 N–H and O–H groups in total. The summed E-state index contributed by atoms with van der Waals surface area (Å²) in [7, 11) is 0. The van der Waals surface area contributed by atoms with Crippen LogP contribution in [0.15, 0.2) is 62.3 Å². The number of hydrogen-bond donors (Lipinski definition) is 0. The van der Waals surface area contributed by atoms with Crippen LogP contribution in [0.3, 0.4) is 0 Å². The summed E-state index contributed by atoms with van der Waals surface area (Å²) < 4.78 is 0. The molecule has 4 nitrogen and oxygen atoms in total. The summed E-state index contributed by atoms with van der Waals surface area (Å²) in [6.45, 7) is 2.86. The number of fused-ring (bicyclic) bond motifs is 1. The molecule has 3 aliphatic rings. The molecule has 1 amide bonds. The average Bonchev–Trinajstić information content (AvgIpc) is 3.30. The number of halogens is 2. The topological polar surface area (TPSA) is 35.9 Å². The van der Waals surface area contributed by atoms with E-state index in [4.69, 9.17) is 28.2 Å². The van der Waals surface area contributed by atoms with E-state index >= 15 is 0 Å². The van der Waals surface area contributed by atoms with E-state index < -0.39 is 0 Å². The molecule has 2 aliphatic heterocycles. The number of rotatable bonds is 3. The van der Waals surface area contributed by atoms with Gasteiger partial charge in [0.2, 0.25) is 0 Å². The molecule has 1 aliphatic carbocycles. The van der Waals surface area contributed by atoms with Crippen LogP contribution in [0.25, 0.3) is 0 Å². The predicted octanol–water partition coefficient (Wildman–Crippen LogP) is 7.69. The van der Waals surface area contributed by atoms with Crippen molar-refractivity contribution in [2.45, 2.75) is 50.0 Å². The van der Waals surface area contributed by atoms with Crippen molar-refractivity contribution in [2.24, 2.45) is 4.99 Å². The van der Waals surface area contributed by atoms with Crippen LogP contribution < -0.4 is 4.90 Å². The fourth-order valence-corrected chi connectivity index (χ4v) is 7.23. The number of aliphatic imine (C=N–C) groups is 1. The van der Waals surface area contributed by atoms with Crippen molar-refractivity contribution in [1.29, 1.82) is 0 Å². The second-order valence-electron chi connectivity index (χ2n) is 8.04. The molecular weight excluding hydrogens is 481 g/mol. The minimum absolute atomic E-state index is 0.0579. The molecule has 2 aromatic rings. The first kappa shape index (κ1) is 22.2. The SMILES string of the molecule is CCN1/C(=C2/SC(=Nc3cccc(Cl)c3)N(C3CCCCC3)C2=O)Sc2ccc(Cl)cc21. The van der Waals surface area contributed by atoms with Crippen molar-refractivity contribution in [3.8, 4) is 0 Å². The standard InChI is InChI=1S/C24H23Cl2N3OS2/c1-2-28-19-14-16(26)11-12-20(19)31-23(28)21-22(30)29(18-9-4-3-5-10-18)24(32-21)27-17-8-6-7-15(25)13-17/h6-8,11-14,18H,2-5,9-10H2,1H3/b23-21-,27-24?. The third-order valence-electron chi connectivity index (χ3n) is 5.96. The molecule has 8 heteroatoms. The summed E-state index contributed by atoms with van der Waals surface area (Å²) in [5.74, 6) is 0.0579. The monoisotopic (exact) mass is 503 g/mol. The van der Waals surface area contributed by atoms with Crippen LogP contribution in [-0.4, -0.2) is 28.6 Å². The van der Waals surface area contributed by atoms with E-state index in [0.717, 1.165) is 63.6 Å². The number of anilines is 1. The molecule has 0 atom stereocenters. The lowest BCUT2D eigenvalue weighted by molar-refractivity contribution is -0.124. The Morgan fingerprint density at radius 3 is 2.56 bits per heavy atom. The third-order valence-corrected chi connectivity index (χ3v) is 8.78. The number of carbonyl (C=O) groups is 1. The molecule has 2 heterocycles.